The first-order valence-electron chi connectivity index (χ1n) is 12.3. The molecular weight excluding hydrogens is 541 g/mol. The lowest BCUT2D eigenvalue weighted by Crippen LogP contribution is -2.60. The van der Waals surface area contributed by atoms with Crippen molar-refractivity contribution in [1.82, 2.24) is 0 Å². The van der Waals surface area contributed by atoms with Gasteiger partial charge in [-0.2, -0.15) is 0 Å². The van der Waals surface area contributed by atoms with Gasteiger partial charge in [-0.05, 0) is 77.0 Å². The Bertz CT molecular complexity index is 817. The van der Waals surface area contributed by atoms with Crippen LogP contribution >= 0.6 is 48.9 Å². The number of hydrogen-bond donors (Lipinski definition) is 0. The quantitative estimate of drug-likeness (QED) is 0.0519. The number of thiocarbonyl (C=S) groups is 4. The van der Waals surface area contributed by atoms with E-state index in [1.165, 1.54) is 0 Å². The third-order valence-electron chi connectivity index (χ3n) is 5.62. The molecule has 4 nitrogen and oxygen atoms in total. The zero-order chi connectivity index (χ0) is 28.4. The maximum Gasteiger partial charge on any atom is 0.223 e. The van der Waals surface area contributed by atoms with Crippen LogP contribution < -0.4 is 0 Å². The van der Waals surface area contributed by atoms with Gasteiger partial charge in [0.25, 0.3) is 0 Å². The molecule has 0 radical (unpaired) electrons. The first-order chi connectivity index (χ1) is 17.6. The van der Waals surface area contributed by atoms with Gasteiger partial charge < -0.3 is 0 Å². The van der Waals surface area contributed by atoms with Gasteiger partial charge in [0, 0.05) is 0 Å². The highest BCUT2D eigenvalue weighted by atomic mass is 32.1. The summed E-state index contributed by atoms with van der Waals surface area (Å²) in [6.45, 7) is 14.6. The van der Waals surface area contributed by atoms with Gasteiger partial charge in [-0.25, -0.2) is 0 Å². The van der Waals surface area contributed by atoms with Crippen LogP contribution in [0.2, 0.25) is 0 Å². The van der Waals surface area contributed by atoms with E-state index in [9.17, 15) is 19.2 Å². The van der Waals surface area contributed by atoms with E-state index in [1.54, 1.807) is 24.3 Å². The van der Waals surface area contributed by atoms with Crippen molar-refractivity contribution in [2.24, 2.45) is 5.41 Å². The summed E-state index contributed by atoms with van der Waals surface area (Å²) < 4.78 is 0. The highest BCUT2D eigenvalue weighted by Gasteiger charge is 2.60. The number of carbonyl (C=O) groups is 4. The third kappa shape index (κ3) is 10.3. The van der Waals surface area contributed by atoms with Gasteiger partial charge in [0.2, 0.25) is 5.41 Å². The maximum absolute atomic E-state index is 13.9. The van der Waals surface area contributed by atoms with Crippen LogP contribution in [0.4, 0.5) is 0 Å². The molecule has 0 aromatic carbocycles. The van der Waals surface area contributed by atoms with Crippen LogP contribution in [0.15, 0.2) is 50.6 Å². The highest BCUT2D eigenvalue weighted by molar-refractivity contribution is 7.83. The van der Waals surface area contributed by atoms with Crippen molar-refractivity contribution in [3.8, 4) is 0 Å². The largest absolute Gasteiger partial charge is 0.291 e. The molecule has 37 heavy (non-hydrogen) atoms. The molecule has 0 N–H and O–H groups in total. The normalized spacial score (nSPS) is 10.6. The fraction of sp³-hybridized carbons (Fsp3) is 0.448. The van der Waals surface area contributed by atoms with Crippen molar-refractivity contribution >= 4 is 91.5 Å². The van der Waals surface area contributed by atoms with E-state index in [0.29, 0.717) is 51.4 Å². The summed E-state index contributed by atoms with van der Waals surface area (Å²) in [5.74, 6) is -4.19. The molecule has 0 aromatic heterocycles. The summed E-state index contributed by atoms with van der Waals surface area (Å²) in [6, 6.07) is 0. The smallest absolute Gasteiger partial charge is 0.223 e. The summed E-state index contributed by atoms with van der Waals surface area (Å²) in [5, 5.41) is 0. The van der Waals surface area contributed by atoms with Crippen LogP contribution in [0.25, 0.3) is 0 Å². The molecular formula is C29H36O4S4. The predicted octanol–water partition coefficient (Wildman–Crippen LogP) is 7.15. The first kappa shape index (κ1) is 35.0. The lowest BCUT2D eigenvalue weighted by Gasteiger charge is -2.29. The Morgan fingerprint density at radius 2 is 0.649 bits per heavy atom. The minimum atomic E-state index is -2.81. The molecule has 0 saturated carbocycles. The SMILES string of the molecule is C=CCCCC(=S)C(=O)C(C(=O)C(=S)CCCC=C)(C(=O)C(=S)CCCC=C)C(=O)C(=S)CCCC=C. The number of unbranched alkanes of at least 4 members (excludes halogenated alkanes) is 4. The molecule has 0 atom stereocenters. The minimum absolute atomic E-state index is 0.103. The summed E-state index contributed by atoms with van der Waals surface area (Å²) in [6.07, 6.45) is 11.2. The van der Waals surface area contributed by atoms with E-state index in [4.69, 9.17) is 48.9 Å². The van der Waals surface area contributed by atoms with Gasteiger partial charge in [-0.15, -0.1) is 26.3 Å². The van der Waals surface area contributed by atoms with Gasteiger partial charge in [0.1, 0.15) is 0 Å². The zero-order valence-corrected chi connectivity index (χ0v) is 24.7. The molecule has 0 rings (SSSR count). The molecule has 200 valence electrons. The van der Waals surface area contributed by atoms with Crippen molar-refractivity contribution in [3.63, 3.8) is 0 Å². The number of Topliss-reactive ketones (excluding diaryl/α,β-unsaturated/α-hetero) is 4. The molecule has 0 aliphatic rings. The molecule has 0 unspecified atom stereocenters. The van der Waals surface area contributed by atoms with Crippen molar-refractivity contribution < 1.29 is 19.2 Å². The van der Waals surface area contributed by atoms with Crippen molar-refractivity contribution in [3.05, 3.63) is 50.6 Å². The van der Waals surface area contributed by atoms with E-state index < -0.39 is 28.5 Å². The lowest BCUT2D eigenvalue weighted by molar-refractivity contribution is -0.145. The Hall–Kier alpha value is -2.00. The summed E-state index contributed by atoms with van der Waals surface area (Å²) in [4.78, 5) is 55.0. The average molecular weight is 577 g/mol. The van der Waals surface area contributed by atoms with Crippen LogP contribution in [0.3, 0.4) is 0 Å². The van der Waals surface area contributed by atoms with Crippen LogP contribution in [-0.4, -0.2) is 42.6 Å². The average Bonchev–Trinajstić information content (AvgIpc) is 2.88. The molecule has 0 spiro atoms. The third-order valence-corrected chi connectivity index (χ3v) is 7.18. The minimum Gasteiger partial charge on any atom is -0.291 e. The number of allylic oxidation sites excluding steroid dienone is 4. The summed E-state index contributed by atoms with van der Waals surface area (Å²) in [7, 11) is 0. The Balaban J connectivity index is 6.85. The summed E-state index contributed by atoms with van der Waals surface area (Å²) in [5.41, 5.74) is -2.81. The standard InChI is InChI=1S/C29H36O4S4/c1-5-9-13-17-21(34)25(30)29(26(31)22(35)18-14-10-6-2,27(32)23(36)19-15-11-7-3)28(33)24(37)20-16-12-8-4/h5-8H,1-4,9-20H2. The molecule has 0 aromatic rings. The molecule has 0 aliphatic carbocycles. The number of hydrogen-bond acceptors (Lipinski definition) is 8. The first-order valence-corrected chi connectivity index (χ1v) is 13.9. The number of rotatable bonds is 24. The second kappa shape index (κ2) is 19.1. The molecule has 0 aliphatic heterocycles. The van der Waals surface area contributed by atoms with E-state index >= 15 is 0 Å². The molecule has 0 fully saturated rings. The van der Waals surface area contributed by atoms with Crippen LogP contribution in [0, 0.1) is 5.41 Å². The second-order valence-corrected chi connectivity index (χ2v) is 10.5. The van der Waals surface area contributed by atoms with Gasteiger partial charge in [0.15, 0.2) is 23.1 Å². The molecule has 8 heteroatoms. The Labute approximate surface area is 242 Å². The highest BCUT2D eigenvalue weighted by Crippen LogP contribution is 2.31. The van der Waals surface area contributed by atoms with Crippen molar-refractivity contribution in [2.45, 2.75) is 77.0 Å². The van der Waals surface area contributed by atoms with Crippen LogP contribution in [0.5, 0.6) is 0 Å². The predicted molar refractivity (Wildman–Crippen MR) is 169 cm³/mol. The number of ketones is 4. The fourth-order valence-electron chi connectivity index (χ4n) is 3.54. The van der Waals surface area contributed by atoms with Crippen LogP contribution in [-0.2, 0) is 19.2 Å². The van der Waals surface area contributed by atoms with E-state index in [0.717, 1.165) is 0 Å². The Morgan fingerprint density at radius 3 is 0.811 bits per heavy atom. The van der Waals surface area contributed by atoms with Crippen molar-refractivity contribution in [1.29, 1.82) is 0 Å². The van der Waals surface area contributed by atoms with E-state index in [-0.39, 0.29) is 45.1 Å². The number of carbonyl (C=O) groups excluding carboxylic acids is 4. The fourth-order valence-corrected chi connectivity index (χ4v) is 4.73. The van der Waals surface area contributed by atoms with Crippen molar-refractivity contribution in [2.75, 3.05) is 0 Å². The molecule has 0 bridgehead atoms. The van der Waals surface area contributed by atoms with Gasteiger partial charge in [0.05, 0.1) is 19.5 Å². The Kier molecular flexibility index (Phi) is 18.1. The van der Waals surface area contributed by atoms with Gasteiger partial charge in [-0.3, -0.25) is 19.2 Å². The zero-order valence-electron chi connectivity index (χ0n) is 21.4. The molecule has 0 amide bonds. The monoisotopic (exact) mass is 576 g/mol. The van der Waals surface area contributed by atoms with E-state index in [2.05, 4.69) is 26.3 Å². The van der Waals surface area contributed by atoms with Gasteiger partial charge >= 0.3 is 0 Å². The summed E-state index contributed by atoms with van der Waals surface area (Å²) >= 11 is 21.5. The topological polar surface area (TPSA) is 68.3 Å². The van der Waals surface area contributed by atoms with E-state index in [1.807, 2.05) is 0 Å². The second-order valence-electron chi connectivity index (χ2n) is 8.48. The maximum atomic E-state index is 13.9. The molecule has 0 saturated heterocycles. The lowest BCUT2D eigenvalue weighted by atomic mass is 9.66. The van der Waals surface area contributed by atoms with Crippen LogP contribution in [0.1, 0.15) is 77.0 Å². The molecule has 0 heterocycles. The van der Waals surface area contributed by atoms with Gasteiger partial charge in [-0.1, -0.05) is 73.2 Å². The Morgan fingerprint density at radius 1 is 0.459 bits per heavy atom.